The molecule has 5 nitrogen and oxygen atoms in total. The Morgan fingerprint density at radius 3 is 2.41 bits per heavy atom. The molecule has 1 amide bonds. The molecule has 94 valence electrons. The number of primary amides is 1. The van der Waals surface area contributed by atoms with Gasteiger partial charge in [-0.25, -0.2) is 0 Å². The summed E-state index contributed by atoms with van der Waals surface area (Å²) in [5.41, 5.74) is 11.7. The molecule has 1 unspecified atom stereocenters. The largest absolute Gasteiger partial charge is 0.493 e. The van der Waals surface area contributed by atoms with Crippen molar-refractivity contribution in [3.05, 3.63) is 23.8 Å². The van der Waals surface area contributed by atoms with Gasteiger partial charge in [0, 0.05) is 6.54 Å². The summed E-state index contributed by atoms with van der Waals surface area (Å²) >= 11 is 0. The zero-order valence-corrected chi connectivity index (χ0v) is 10.1. The van der Waals surface area contributed by atoms with Crippen LogP contribution in [0.15, 0.2) is 18.2 Å². The third-order valence-electron chi connectivity index (χ3n) is 2.62. The van der Waals surface area contributed by atoms with Crippen LogP contribution in [0, 0.1) is 5.92 Å². The van der Waals surface area contributed by atoms with Crippen LogP contribution in [0.5, 0.6) is 11.5 Å². The van der Waals surface area contributed by atoms with Crippen LogP contribution in [0.1, 0.15) is 5.56 Å². The number of amides is 1. The van der Waals surface area contributed by atoms with Crippen LogP contribution in [0.3, 0.4) is 0 Å². The first kappa shape index (κ1) is 13.3. The lowest BCUT2D eigenvalue weighted by Gasteiger charge is -2.13. The van der Waals surface area contributed by atoms with Crippen LogP contribution in [-0.4, -0.2) is 26.7 Å². The average Bonchev–Trinajstić information content (AvgIpc) is 2.35. The molecule has 5 heteroatoms. The Balaban J connectivity index is 2.88. The summed E-state index contributed by atoms with van der Waals surface area (Å²) in [6.45, 7) is 0.240. The lowest BCUT2D eigenvalue weighted by molar-refractivity contribution is -0.121. The molecule has 0 spiro atoms. The molecule has 0 saturated heterocycles. The predicted octanol–water partition coefficient (Wildman–Crippen LogP) is 0.306. The molecule has 1 rings (SSSR count). The number of benzene rings is 1. The first-order valence-corrected chi connectivity index (χ1v) is 5.32. The summed E-state index contributed by atoms with van der Waals surface area (Å²) in [7, 11) is 3.14. The molecule has 0 aliphatic carbocycles. The molecule has 0 radical (unpaired) electrons. The van der Waals surface area contributed by atoms with Crippen LogP contribution in [0.4, 0.5) is 0 Å². The maximum Gasteiger partial charge on any atom is 0.222 e. The summed E-state index contributed by atoms with van der Waals surface area (Å²) in [6, 6.07) is 5.49. The van der Waals surface area contributed by atoms with E-state index in [1.807, 2.05) is 12.1 Å². The highest BCUT2D eigenvalue weighted by Crippen LogP contribution is 2.28. The quantitative estimate of drug-likeness (QED) is 0.746. The first-order valence-electron chi connectivity index (χ1n) is 5.32. The number of methoxy groups -OCH3 is 2. The third-order valence-corrected chi connectivity index (χ3v) is 2.62. The van der Waals surface area contributed by atoms with Crippen LogP contribution in [0.2, 0.25) is 0 Å². The molecule has 0 heterocycles. The second-order valence-electron chi connectivity index (χ2n) is 3.73. The van der Waals surface area contributed by atoms with Gasteiger partial charge in [-0.05, 0) is 24.1 Å². The monoisotopic (exact) mass is 238 g/mol. The van der Waals surface area contributed by atoms with Crippen molar-refractivity contribution in [3.63, 3.8) is 0 Å². The molecule has 1 atom stereocenters. The summed E-state index contributed by atoms with van der Waals surface area (Å²) in [5, 5.41) is 0. The number of hydrogen-bond donors (Lipinski definition) is 2. The summed E-state index contributed by atoms with van der Waals surface area (Å²) < 4.78 is 10.3. The zero-order valence-electron chi connectivity index (χ0n) is 10.1. The summed E-state index contributed by atoms with van der Waals surface area (Å²) in [4.78, 5) is 11.1. The van der Waals surface area contributed by atoms with Crippen molar-refractivity contribution >= 4 is 5.91 Å². The molecule has 4 N–H and O–H groups in total. The Morgan fingerprint density at radius 1 is 1.29 bits per heavy atom. The SMILES string of the molecule is COc1ccc(CC(CN)C(N)=O)cc1OC. The molecule has 1 aromatic rings. The molecule has 0 aliphatic heterocycles. The number of carbonyl (C=O) groups excluding carboxylic acids is 1. The minimum Gasteiger partial charge on any atom is -0.493 e. The smallest absolute Gasteiger partial charge is 0.222 e. The molecule has 0 aromatic heterocycles. The molecule has 17 heavy (non-hydrogen) atoms. The van der Waals surface area contributed by atoms with E-state index in [9.17, 15) is 4.79 Å². The number of rotatable bonds is 6. The summed E-state index contributed by atoms with van der Waals surface area (Å²) in [5.74, 6) is 0.542. The van der Waals surface area contributed by atoms with E-state index in [4.69, 9.17) is 20.9 Å². The highest BCUT2D eigenvalue weighted by molar-refractivity contribution is 5.77. The maximum atomic E-state index is 11.1. The second kappa shape index (κ2) is 6.10. The maximum absolute atomic E-state index is 11.1. The van der Waals surface area contributed by atoms with Gasteiger partial charge < -0.3 is 20.9 Å². The van der Waals surface area contributed by atoms with Gasteiger partial charge in [-0.2, -0.15) is 0 Å². The Hall–Kier alpha value is -1.75. The number of carbonyl (C=O) groups is 1. The Kier molecular flexibility index (Phi) is 4.78. The van der Waals surface area contributed by atoms with Crippen molar-refractivity contribution in [2.75, 3.05) is 20.8 Å². The predicted molar refractivity (Wildman–Crippen MR) is 65.0 cm³/mol. The van der Waals surface area contributed by atoms with Crippen molar-refractivity contribution in [1.29, 1.82) is 0 Å². The van der Waals surface area contributed by atoms with Crippen molar-refractivity contribution < 1.29 is 14.3 Å². The molecular weight excluding hydrogens is 220 g/mol. The lowest BCUT2D eigenvalue weighted by Crippen LogP contribution is -2.31. The van der Waals surface area contributed by atoms with Crippen molar-refractivity contribution in [2.24, 2.45) is 17.4 Å². The minimum absolute atomic E-state index is 0.240. The fraction of sp³-hybridized carbons (Fsp3) is 0.417. The van der Waals surface area contributed by atoms with E-state index < -0.39 is 0 Å². The first-order chi connectivity index (χ1) is 8.12. The Bertz CT molecular complexity index is 393. The van der Waals surface area contributed by atoms with Gasteiger partial charge in [0.05, 0.1) is 20.1 Å². The molecular formula is C12H18N2O3. The Labute approximate surface area is 101 Å². The minimum atomic E-state index is -0.387. The van der Waals surface area contributed by atoms with Crippen LogP contribution >= 0.6 is 0 Å². The van der Waals surface area contributed by atoms with Crippen molar-refractivity contribution in [2.45, 2.75) is 6.42 Å². The van der Waals surface area contributed by atoms with E-state index >= 15 is 0 Å². The van der Waals surface area contributed by atoms with Gasteiger partial charge >= 0.3 is 0 Å². The van der Waals surface area contributed by atoms with Crippen LogP contribution in [0.25, 0.3) is 0 Å². The van der Waals surface area contributed by atoms with Crippen LogP contribution < -0.4 is 20.9 Å². The van der Waals surface area contributed by atoms with E-state index in [1.165, 1.54) is 0 Å². The number of ether oxygens (including phenoxy) is 2. The lowest BCUT2D eigenvalue weighted by atomic mass is 9.98. The summed E-state index contributed by atoms with van der Waals surface area (Å²) in [6.07, 6.45) is 0.506. The standard InChI is InChI=1S/C12H18N2O3/c1-16-10-4-3-8(6-11(10)17-2)5-9(7-13)12(14)15/h3-4,6,9H,5,7,13H2,1-2H3,(H2,14,15). The fourth-order valence-electron chi connectivity index (χ4n) is 1.59. The van der Waals surface area contributed by atoms with Gasteiger partial charge in [-0.3, -0.25) is 4.79 Å². The second-order valence-corrected chi connectivity index (χ2v) is 3.73. The van der Waals surface area contributed by atoms with E-state index in [0.29, 0.717) is 17.9 Å². The molecule has 0 aliphatic rings. The average molecular weight is 238 g/mol. The zero-order chi connectivity index (χ0) is 12.8. The molecule has 0 bridgehead atoms. The highest BCUT2D eigenvalue weighted by Gasteiger charge is 2.15. The van der Waals surface area contributed by atoms with E-state index in [0.717, 1.165) is 5.56 Å². The van der Waals surface area contributed by atoms with Gasteiger partial charge in [-0.1, -0.05) is 6.07 Å². The van der Waals surface area contributed by atoms with Gasteiger partial charge in [0.25, 0.3) is 0 Å². The molecule has 0 saturated carbocycles. The van der Waals surface area contributed by atoms with E-state index in [1.54, 1.807) is 20.3 Å². The van der Waals surface area contributed by atoms with Crippen LogP contribution in [-0.2, 0) is 11.2 Å². The highest BCUT2D eigenvalue weighted by atomic mass is 16.5. The van der Waals surface area contributed by atoms with E-state index in [2.05, 4.69) is 0 Å². The van der Waals surface area contributed by atoms with Gasteiger partial charge in [0.1, 0.15) is 0 Å². The number of hydrogen-bond acceptors (Lipinski definition) is 4. The number of nitrogens with two attached hydrogens (primary N) is 2. The van der Waals surface area contributed by atoms with Gasteiger partial charge in [0.2, 0.25) is 5.91 Å². The molecule has 1 aromatic carbocycles. The topological polar surface area (TPSA) is 87.6 Å². The molecule has 0 fully saturated rings. The fourth-order valence-corrected chi connectivity index (χ4v) is 1.59. The Morgan fingerprint density at radius 2 is 1.94 bits per heavy atom. The van der Waals surface area contributed by atoms with Crippen molar-refractivity contribution in [1.82, 2.24) is 0 Å². The normalized spacial score (nSPS) is 11.9. The third kappa shape index (κ3) is 3.35. The van der Waals surface area contributed by atoms with Gasteiger partial charge in [0.15, 0.2) is 11.5 Å². The van der Waals surface area contributed by atoms with Crippen molar-refractivity contribution in [3.8, 4) is 11.5 Å². The van der Waals surface area contributed by atoms with E-state index in [-0.39, 0.29) is 18.4 Å². The van der Waals surface area contributed by atoms with Gasteiger partial charge in [-0.15, -0.1) is 0 Å².